The predicted molar refractivity (Wildman–Crippen MR) is 218 cm³/mol. The minimum absolute atomic E-state index is 0.0795. The van der Waals surface area contributed by atoms with Gasteiger partial charge in [0.2, 0.25) is 0 Å². The number of amides is 1. The summed E-state index contributed by atoms with van der Waals surface area (Å²) in [5, 5.41) is 38.5. The number of nitriles is 2. The lowest BCUT2D eigenvalue weighted by atomic mass is 10.0. The van der Waals surface area contributed by atoms with Crippen LogP contribution in [0.25, 0.3) is 0 Å². The number of aromatic nitrogens is 4. The third kappa shape index (κ3) is 7.40. The van der Waals surface area contributed by atoms with E-state index in [1.165, 1.54) is 29.7 Å². The van der Waals surface area contributed by atoms with Crippen LogP contribution >= 0.6 is 22.7 Å². The standard InChI is InChI=1S/C25H26N6OS.C18H17N3O2S/c1-13-15(3-6-23(27-13)31-11-17-8-18(17)12-31)7-16-9-21(33-22(16)10-26)25(32)28-20-5-4-19-14(2)29-30-24(19)20;1-10-11(4-12-6-15(18(22)23)24-16(12)7-19)2-3-17(20-10)21-8-13-5-14(13)9-21/h3,6,9,17-18,20H,4-5,7-8,11-12H2,1-2H3,(H,28,32)(H,29,30);2-3,6,13-14H,4-5,8-9H2,1H3,(H,22,23)/t17?,18?,20-;/m1./s1. The highest BCUT2D eigenvalue weighted by atomic mass is 32.1. The lowest BCUT2D eigenvalue weighted by Crippen LogP contribution is -2.26. The molecule has 290 valence electrons. The molecule has 12 nitrogen and oxygen atoms in total. The molecule has 0 bridgehead atoms. The first kappa shape index (κ1) is 37.0. The number of carbonyl (C=O) groups is 2. The molecule has 10 rings (SSSR count). The first-order valence-electron chi connectivity index (χ1n) is 19.6. The van der Waals surface area contributed by atoms with Crippen LogP contribution in [-0.4, -0.2) is 63.3 Å². The molecule has 5 aromatic rings. The Morgan fingerprint density at radius 1 is 0.807 bits per heavy atom. The van der Waals surface area contributed by atoms with E-state index in [1.54, 1.807) is 6.07 Å². The van der Waals surface area contributed by atoms with E-state index in [1.807, 2.05) is 32.9 Å². The average molecular weight is 798 g/mol. The number of aryl methyl sites for hydroxylation is 3. The van der Waals surface area contributed by atoms with Crippen molar-refractivity contribution >= 4 is 46.2 Å². The summed E-state index contributed by atoms with van der Waals surface area (Å²) >= 11 is 2.29. The SMILES string of the molecule is Cc1nc(N2CC3CC3C2)ccc1Cc1cc(C(=O)N[C@@H]2CCc3c2n[nH]c3C)sc1C#N.Cc1nc(N2CC3CC3C2)ccc1Cc1cc(C(=O)O)sc1C#N. The summed E-state index contributed by atoms with van der Waals surface area (Å²) in [5.74, 6) is 4.43. The molecule has 4 unspecified atom stereocenters. The number of hydrogen-bond acceptors (Lipinski definition) is 11. The van der Waals surface area contributed by atoms with E-state index in [4.69, 9.17) is 15.1 Å². The third-order valence-corrected chi connectivity index (χ3v) is 14.6. The van der Waals surface area contributed by atoms with Gasteiger partial charge in [-0.1, -0.05) is 12.1 Å². The summed E-state index contributed by atoms with van der Waals surface area (Å²) in [6.45, 7) is 10.5. The molecular formula is C43H43N9O3S2. The lowest BCUT2D eigenvalue weighted by molar-refractivity contribution is 0.0701. The van der Waals surface area contributed by atoms with Gasteiger partial charge in [0.1, 0.15) is 38.4 Å². The molecule has 5 aliphatic rings. The number of piperidine rings is 2. The molecule has 3 aliphatic carbocycles. The summed E-state index contributed by atoms with van der Waals surface area (Å²) in [4.78, 5) is 40.2. The van der Waals surface area contributed by atoms with Crippen molar-refractivity contribution in [1.29, 1.82) is 10.5 Å². The Bertz CT molecular complexity index is 2490. The zero-order valence-corrected chi connectivity index (χ0v) is 33.8. The fourth-order valence-electron chi connectivity index (χ4n) is 8.86. The molecule has 3 N–H and O–H groups in total. The van der Waals surface area contributed by atoms with Gasteiger partial charge in [-0.05, 0) is 122 Å². The van der Waals surface area contributed by atoms with E-state index >= 15 is 0 Å². The second kappa shape index (κ2) is 14.7. The molecule has 1 amide bonds. The van der Waals surface area contributed by atoms with Crippen LogP contribution in [0.1, 0.15) is 105 Å². The van der Waals surface area contributed by atoms with E-state index in [-0.39, 0.29) is 16.8 Å². The van der Waals surface area contributed by atoms with Gasteiger partial charge in [-0.15, -0.1) is 22.7 Å². The van der Waals surface area contributed by atoms with Crippen LogP contribution in [0.3, 0.4) is 0 Å². The number of nitrogens with zero attached hydrogens (tertiary/aromatic N) is 7. The van der Waals surface area contributed by atoms with Gasteiger partial charge < -0.3 is 20.2 Å². The molecule has 14 heteroatoms. The first-order valence-corrected chi connectivity index (χ1v) is 21.2. The van der Waals surface area contributed by atoms with Gasteiger partial charge in [0.25, 0.3) is 5.91 Å². The molecule has 57 heavy (non-hydrogen) atoms. The molecule has 0 aromatic carbocycles. The summed E-state index contributed by atoms with van der Waals surface area (Å²) < 4.78 is 0. The van der Waals surface area contributed by atoms with E-state index < -0.39 is 5.97 Å². The number of hydrogen-bond donors (Lipinski definition) is 3. The number of nitrogens with one attached hydrogen (secondary N) is 2. The van der Waals surface area contributed by atoms with Crippen LogP contribution in [-0.2, 0) is 19.3 Å². The van der Waals surface area contributed by atoms with Crippen molar-refractivity contribution in [2.24, 2.45) is 23.7 Å². The van der Waals surface area contributed by atoms with Gasteiger partial charge in [0, 0.05) is 56.1 Å². The van der Waals surface area contributed by atoms with Gasteiger partial charge in [-0.25, -0.2) is 14.8 Å². The maximum absolute atomic E-state index is 13.0. The van der Waals surface area contributed by atoms with E-state index in [2.05, 4.69) is 55.7 Å². The van der Waals surface area contributed by atoms with Crippen LogP contribution in [0.5, 0.6) is 0 Å². The molecule has 5 atom stereocenters. The number of thiophene rings is 2. The second-order valence-electron chi connectivity index (χ2n) is 16.2. The van der Waals surface area contributed by atoms with Crippen molar-refractivity contribution in [3.8, 4) is 12.1 Å². The van der Waals surface area contributed by atoms with Crippen molar-refractivity contribution in [3.63, 3.8) is 0 Å². The van der Waals surface area contributed by atoms with Gasteiger partial charge in [-0.2, -0.15) is 15.6 Å². The first-order chi connectivity index (χ1) is 27.5. The number of H-pyrrole nitrogens is 1. The Morgan fingerprint density at radius 3 is 1.81 bits per heavy atom. The van der Waals surface area contributed by atoms with Crippen LogP contribution in [0.2, 0.25) is 0 Å². The van der Waals surface area contributed by atoms with Gasteiger partial charge in [0.15, 0.2) is 0 Å². The normalized spacial score (nSPS) is 22.2. The zero-order valence-electron chi connectivity index (χ0n) is 32.1. The maximum atomic E-state index is 13.0. The Morgan fingerprint density at radius 2 is 1.32 bits per heavy atom. The van der Waals surface area contributed by atoms with E-state index in [9.17, 15) is 20.1 Å². The number of rotatable bonds is 9. The molecular weight excluding hydrogens is 755 g/mol. The monoisotopic (exact) mass is 797 g/mol. The number of fused-ring (bicyclic) bond motifs is 3. The van der Waals surface area contributed by atoms with Crippen LogP contribution < -0.4 is 15.1 Å². The Balaban J connectivity index is 0.000000156. The third-order valence-electron chi connectivity index (χ3n) is 12.4. The Hall–Kier alpha value is -5.57. The minimum atomic E-state index is -0.986. The summed E-state index contributed by atoms with van der Waals surface area (Å²) in [7, 11) is 0. The number of carboxylic acid groups (broad SMARTS) is 1. The fourth-order valence-corrected chi connectivity index (χ4v) is 10.6. The highest BCUT2D eigenvalue weighted by Gasteiger charge is 2.46. The van der Waals surface area contributed by atoms with Crippen molar-refractivity contribution in [1.82, 2.24) is 25.5 Å². The smallest absolute Gasteiger partial charge is 0.345 e. The van der Waals surface area contributed by atoms with Crippen molar-refractivity contribution < 1.29 is 14.7 Å². The quantitative estimate of drug-likeness (QED) is 0.143. The second-order valence-corrected chi connectivity index (χ2v) is 18.3. The zero-order chi connectivity index (χ0) is 39.5. The molecule has 0 spiro atoms. The molecule has 2 saturated carbocycles. The van der Waals surface area contributed by atoms with Crippen LogP contribution in [0.4, 0.5) is 11.6 Å². The number of aromatic carboxylic acids is 1. The average Bonchev–Trinajstić information content (AvgIpc) is 3.64. The maximum Gasteiger partial charge on any atom is 0.345 e. The number of pyridine rings is 2. The van der Waals surface area contributed by atoms with Crippen molar-refractivity contribution in [3.05, 3.63) is 106 Å². The minimum Gasteiger partial charge on any atom is -0.477 e. The number of carbonyl (C=O) groups excluding carboxylic acids is 1. The van der Waals surface area contributed by atoms with Crippen molar-refractivity contribution in [2.75, 3.05) is 36.0 Å². The molecule has 2 saturated heterocycles. The predicted octanol–water partition coefficient (Wildman–Crippen LogP) is 6.89. The summed E-state index contributed by atoms with van der Waals surface area (Å²) in [6, 6.07) is 16.1. The van der Waals surface area contributed by atoms with Gasteiger partial charge >= 0.3 is 5.97 Å². The molecule has 0 radical (unpaired) electrons. The molecule has 2 aliphatic heterocycles. The largest absolute Gasteiger partial charge is 0.477 e. The highest BCUT2D eigenvalue weighted by molar-refractivity contribution is 7.15. The Labute approximate surface area is 339 Å². The van der Waals surface area contributed by atoms with Crippen LogP contribution in [0.15, 0.2) is 36.4 Å². The highest BCUT2D eigenvalue weighted by Crippen LogP contribution is 2.47. The molecule has 5 aromatic heterocycles. The van der Waals surface area contributed by atoms with E-state index in [0.717, 1.165) is 131 Å². The van der Waals surface area contributed by atoms with E-state index in [0.29, 0.717) is 27.5 Å². The number of carboxylic acids is 1. The lowest BCUT2D eigenvalue weighted by Gasteiger charge is -2.20. The number of aromatic amines is 1. The van der Waals surface area contributed by atoms with Gasteiger partial charge in [-0.3, -0.25) is 9.89 Å². The van der Waals surface area contributed by atoms with Crippen LogP contribution in [0, 0.1) is 67.1 Å². The Kier molecular flexibility index (Phi) is 9.58. The number of anilines is 2. The van der Waals surface area contributed by atoms with Gasteiger partial charge in [0.05, 0.1) is 16.6 Å². The summed E-state index contributed by atoms with van der Waals surface area (Å²) in [5.41, 5.74) is 8.93. The fraction of sp³-hybridized carbons (Fsp3) is 0.419. The summed E-state index contributed by atoms with van der Waals surface area (Å²) in [6.07, 6.45) is 5.66. The topological polar surface area (TPSA) is 175 Å². The molecule has 4 fully saturated rings. The van der Waals surface area contributed by atoms with Crippen molar-refractivity contribution in [2.45, 2.75) is 65.3 Å². The molecule has 7 heterocycles.